The van der Waals surface area contributed by atoms with Gasteiger partial charge in [-0.2, -0.15) is 0 Å². The van der Waals surface area contributed by atoms with Gasteiger partial charge in [-0.15, -0.1) is 0 Å². The number of fused-ring (bicyclic) bond motifs is 7. The third kappa shape index (κ3) is 5.19. The molecular formula is C43H62N2O4. The third-order valence-corrected chi connectivity index (χ3v) is 16.6. The predicted octanol–water partition coefficient (Wildman–Crippen LogP) is 9.77. The van der Waals surface area contributed by atoms with E-state index in [4.69, 9.17) is 0 Å². The highest BCUT2D eigenvalue weighted by atomic mass is 16.4. The summed E-state index contributed by atoms with van der Waals surface area (Å²) in [5, 5.41) is 23.4. The Morgan fingerprint density at radius 2 is 1.63 bits per heavy atom. The molecule has 4 saturated carbocycles. The van der Waals surface area contributed by atoms with Crippen molar-refractivity contribution in [2.24, 2.45) is 57.2 Å². The van der Waals surface area contributed by atoms with Gasteiger partial charge in [0.2, 0.25) is 0 Å². The van der Waals surface area contributed by atoms with Crippen LogP contribution in [0.1, 0.15) is 128 Å². The van der Waals surface area contributed by atoms with Crippen LogP contribution < -0.4 is 5.32 Å². The lowest BCUT2D eigenvalue weighted by Gasteiger charge is -2.72. The van der Waals surface area contributed by atoms with E-state index >= 15 is 0 Å². The Kier molecular flexibility index (Phi) is 8.52. The maximum absolute atomic E-state index is 11.8. The number of carboxylic acid groups (broad SMARTS) is 2. The first-order valence-corrected chi connectivity index (χ1v) is 19.5. The average Bonchev–Trinajstić information content (AvgIpc) is 3.44. The minimum atomic E-state index is -0.870. The van der Waals surface area contributed by atoms with Crippen molar-refractivity contribution >= 4 is 17.6 Å². The molecule has 1 saturated heterocycles. The number of nitrogens with zero attached hydrogens (tertiary/aromatic N) is 1. The molecule has 6 heteroatoms. The third-order valence-electron chi connectivity index (χ3n) is 16.6. The first-order chi connectivity index (χ1) is 23.1. The van der Waals surface area contributed by atoms with Gasteiger partial charge < -0.3 is 20.4 Å². The van der Waals surface area contributed by atoms with Gasteiger partial charge in [0.1, 0.15) is 0 Å². The lowest BCUT2D eigenvalue weighted by Crippen LogP contribution is -2.68. The van der Waals surface area contributed by atoms with E-state index in [0.717, 1.165) is 25.8 Å². The highest BCUT2D eigenvalue weighted by Gasteiger charge is 2.70. The largest absolute Gasteiger partial charge is 0.478 e. The van der Waals surface area contributed by atoms with E-state index in [2.05, 4.69) is 59.5 Å². The second-order valence-corrected chi connectivity index (χ2v) is 18.9. The summed E-state index contributed by atoms with van der Waals surface area (Å²) in [6.07, 6.45) is 15.0. The summed E-state index contributed by atoms with van der Waals surface area (Å²) < 4.78 is 0. The zero-order chi connectivity index (χ0) is 35.1. The zero-order valence-corrected chi connectivity index (χ0v) is 31.1. The number of benzene rings is 1. The van der Waals surface area contributed by atoms with Crippen molar-refractivity contribution in [2.75, 3.05) is 19.6 Å². The molecule has 0 spiro atoms. The number of hydrogen-bond acceptors (Lipinski definition) is 3. The summed E-state index contributed by atoms with van der Waals surface area (Å²) in [7, 11) is 0. The summed E-state index contributed by atoms with van der Waals surface area (Å²) in [4.78, 5) is 25.0. The number of amides is 1. The highest BCUT2D eigenvalue weighted by molar-refractivity contribution is 5.88. The van der Waals surface area contributed by atoms with Crippen LogP contribution >= 0.6 is 0 Å². The number of carbonyl (C=O) groups is 2. The topological polar surface area (TPSA) is 89.9 Å². The van der Waals surface area contributed by atoms with Crippen LogP contribution in [-0.2, 0) is 0 Å². The van der Waals surface area contributed by atoms with Gasteiger partial charge >= 0.3 is 12.1 Å². The van der Waals surface area contributed by atoms with Crippen LogP contribution in [0.25, 0.3) is 5.57 Å². The maximum Gasteiger partial charge on any atom is 0.407 e. The molecule has 1 heterocycles. The SMILES string of the molecule is C=C(C)[C@@H]1CC[C@]2(NCC3CCCN(C(=O)O)C3)CC[C@]3(C)[C@H](CC[C@@H]4[C@@]5(C)CC=C(c6ccc(C(=O)O)cc6)C(C)(C)[C@@H]5CC[C@]43C)[C@@H]12. The second kappa shape index (κ2) is 12.0. The summed E-state index contributed by atoms with van der Waals surface area (Å²) in [5.41, 5.74) is 5.17. The smallest absolute Gasteiger partial charge is 0.407 e. The van der Waals surface area contributed by atoms with Crippen molar-refractivity contribution < 1.29 is 19.8 Å². The monoisotopic (exact) mass is 670 g/mol. The number of carboxylic acids is 1. The Balaban J connectivity index is 1.17. The van der Waals surface area contributed by atoms with Crippen LogP contribution in [0.4, 0.5) is 4.79 Å². The van der Waals surface area contributed by atoms with Crippen molar-refractivity contribution in [3.63, 3.8) is 0 Å². The van der Waals surface area contributed by atoms with Gasteiger partial charge in [-0.1, -0.05) is 65.0 Å². The van der Waals surface area contributed by atoms with Gasteiger partial charge in [0.05, 0.1) is 5.56 Å². The summed E-state index contributed by atoms with van der Waals surface area (Å²) >= 11 is 0. The maximum atomic E-state index is 11.8. The van der Waals surface area contributed by atoms with Crippen LogP contribution in [-0.4, -0.2) is 52.3 Å². The van der Waals surface area contributed by atoms with Crippen LogP contribution in [0.2, 0.25) is 0 Å². The number of aromatic carboxylic acids is 1. The Hall–Kier alpha value is -2.60. The summed E-state index contributed by atoms with van der Waals surface area (Å²) in [6.45, 7) is 22.1. The Morgan fingerprint density at radius 1 is 0.898 bits per heavy atom. The number of hydrogen-bond donors (Lipinski definition) is 3. The lowest BCUT2D eigenvalue weighted by atomic mass is 9.33. The molecule has 1 aliphatic heterocycles. The fourth-order valence-electron chi connectivity index (χ4n) is 14.1. The van der Waals surface area contributed by atoms with Gasteiger partial charge in [0, 0.05) is 25.2 Å². The molecule has 0 radical (unpaired) electrons. The minimum absolute atomic E-state index is 0.00823. The van der Waals surface area contributed by atoms with E-state index in [-0.39, 0.29) is 27.2 Å². The molecule has 1 aromatic rings. The van der Waals surface area contributed by atoms with Crippen molar-refractivity contribution in [2.45, 2.75) is 118 Å². The Bertz CT molecular complexity index is 1530. The molecule has 10 atom stereocenters. The molecule has 268 valence electrons. The van der Waals surface area contributed by atoms with Crippen LogP contribution in [0.3, 0.4) is 0 Å². The molecule has 0 bridgehead atoms. The van der Waals surface area contributed by atoms with E-state index in [9.17, 15) is 19.8 Å². The predicted molar refractivity (Wildman–Crippen MR) is 196 cm³/mol. The molecule has 6 aliphatic rings. The van der Waals surface area contributed by atoms with E-state index < -0.39 is 12.1 Å². The average molecular weight is 671 g/mol. The normalized spacial score (nSPS) is 42.6. The standard InChI is InChI=1S/C43H62N2O4/c1-27(2)31-16-21-43(44-25-28-9-8-24-45(26-28)38(48)49)23-22-41(6)33(36(31)43)14-15-35-40(5)19-17-32(29-10-12-30(13-11-29)37(46)47)39(3,4)34(40)18-20-42(35,41)7/h10-13,17,28,31,33-36,44H,1,8-9,14-16,18-26H2,2-7H3,(H,46,47)(H,48,49)/t28?,31-,33+,34-,35+,36+,40-,41+,42+,43-/m0/s1. The molecule has 5 fully saturated rings. The van der Waals surface area contributed by atoms with Crippen molar-refractivity contribution in [3.8, 4) is 0 Å². The fourth-order valence-corrected chi connectivity index (χ4v) is 14.1. The molecule has 7 rings (SSSR count). The van der Waals surface area contributed by atoms with E-state index in [0.29, 0.717) is 54.2 Å². The Labute approximate surface area is 295 Å². The summed E-state index contributed by atoms with van der Waals surface area (Å²) in [6, 6.07) is 7.58. The first kappa shape index (κ1) is 34.8. The van der Waals surface area contributed by atoms with Gasteiger partial charge in [0.25, 0.3) is 0 Å². The fraction of sp³-hybridized carbons (Fsp3) is 0.721. The number of rotatable bonds is 6. The number of likely N-dealkylation sites (tertiary alicyclic amines) is 1. The molecule has 1 aromatic carbocycles. The lowest BCUT2D eigenvalue weighted by molar-refractivity contribution is -0.219. The molecule has 49 heavy (non-hydrogen) atoms. The summed E-state index contributed by atoms with van der Waals surface area (Å²) in [5.74, 6) is 2.58. The van der Waals surface area contributed by atoms with Crippen LogP contribution in [0.5, 0.6) is 0 Å². The number of piperidine rings is 1. The molecule has 5 aliphatic carbocycles. The van der Waals surface area contributed by atoms with Crippen molar-refractivity contribution in [3.05, 3.63) is 53.6 Å². The van der Waals surface area contributed by atoms with Crippen molar-refractivity contribution in [1.29, 1.82) is 0 Å². The van der Waals surface area contributed by atoms with Crippen LogP contribution in [0, 0.1) is 57.2 Å². The molecule has 6 nitrogen and oxygen atoms in total. The van der Waals surface area contributed by atoms with Crippen molar-refractivity contribution in [1.82, 2.24) is 10.2 Å². The molecule has 1 unspecified atom stereocenters. The molecule has 3 N–H and O–H groups in total. The minimum Gasteiger partial charge on any atom is -0.478 e. The highest BCUT2D eigenvalue weighted by Crippen LogP contribution is 2.76. The zero-order valence-electron chi connectivity index (χ0n) is 31.1. The van der Waals surface area contributed by atoms with E-state index in [1.807, 2.05) is 12.1 Å². The Morgan fingerprint density at radius 3 is 2.31 bits per heavy atom. The quantitative estimate of drug-likeness (QED) is 0.262. The number of allylic oxidation sites excluding steroid dienone is 3. The second-order valence-electron chi connectivity index (χ2n) is 18.9. The molecule has 0 aromatic heterocycles. The number of nitrogens with one attached hydrogen (secondary N) is 1. The van der Waals surface area contributed by atoms with E-state index in [1.54, 1.807) is 17.0 Å². The van der Waals surface area contributed by atoms with E-state index in [1.165, 1.54) is 68.1 Å². The van der Waals surface area contributed by atoms with Gasteiger partial charge in [-0.25, -0.2) is 9.59 Å². The molecule has 1 amide bonds. The molecular weight excluding hydrogens is 608 g/mol. The van der Waals surface area contributed by atoms with Gasteiger partial charge in [0.15, 0.2) is 0 Å². The first-order valence-electron chi connectivity index (χ1n) is 19.5. The van der Waals surface area contributed by atoms with Gasteiger partial charge in [-0.3, -0.25) is 0 Å². The van der Waals surface area contributed by atoms with Crippen LogP contribution in [0.15, 0.2) is 42.5 Å². The van der Waals surface area contributed by atoms with Gasteiger partial charge in [-0.05, 0) is 158 Å².